The molecule has 2 rings (SSSR count). The summed E-state index contributed by atoms with van der Waals surface area (Å²) in [4.78, 5) is 39.2. The van der Waals surface area contributed by atoms with Crippen LogP contribution in [0.5, 0.6) is 0 Å². The van der Waals surface area contributed by atoms with Gasteiger partial charge in [0, 0.05) is 18.0 Å². The van der Waals surface area contributed by atoms with E-state index in [0.29, 0.717) is 11.4 Å². The number of likely N-dealkylation sites (N-methyl/N-ethyl adjacent to an activating group) is 1. The molecule has 8 heteroatoms. The van der Waals surface area contributed by atoms with Crippen LogP contribution in [0, 0.1) is 12.7 Å². The third kappa shape index (κ3) is 6.49. The van der Waals surface area contributed by atoms with Crippen molar-refractivity contribution >= 4 is 29.1 Å². The SMILES string of the molecule is CCN(CC(=O)NCc1ccc(F)cc1)C(=O)CNC(=O)c1ccc(C)s1. The van der Waals surface area contributed by atoms with E-state index in [1.807, 2.05) is 13.0 Å². The maximum Gasteiger partial charge on any atom is 0.261 e. The quantitative estimate of drug-likeness (QED) is 0.723. The molecule has 0 fully saturated rings. The maximum absolute atomic E-state index is 12.9. The lowest BCUT2D eigenvalue weighted by molar-refractivity contribution is -0.135. The van der Waals surface area contributed by atoms with Crippen LogP contribution in [0.1, 0.15) is 27.0 Å². The predicted molar refractivity (Wildman–Crippen MR) is 102 cm³/mol. The molecule has 0 aliphatic heterocycles. The number of halogens is 1. The van der Waals surface area contributed by atoms with Crippen LogP contribution in [0.3, 0.4) is 0 Å². The second-order valence-electron chi connectivity index (χ2n) is 5.90. The Hall–Kier alpha value is -2.74. The molecular weight excluding hydrogens is 369 g/mol. The molecule has 0 atom stereocenters. The highest BCUT2D eigenvalue weighted by molar-refractivity contribution is 7.13. The first-order valence-corrected chi connectivity index (χ1v) is 9.34. The van der Waals surface area contributed by atoms with Crippen molar-refractivity contribution in [2.24, 2.45) is 0 Å². The zero-order valence-electron chi connectivity index (χ0n) is 15.3. The van der Waals surface area contributed by atoms with Gasteiger partial charge in [-0.1, -0.05) is 12.1 Å². The summed E-state index contributed by atoms with van der Waals surface area (Å²) in [6, 6.07) is 9.36. The van der Waals surface area contributed by atoms with Crippen LogP contribution in [-0.4, -0.2) is 42.3 Å². The number of carbonyl (C=O) groups is 3. The van der Waals surface area contributed by atoms with E-state index in [1.54, 1.807) is 25.1 Å². The summed E-state index contributed by atoms with van der Waals surface area (Å²) < 4.78 is 12.9. The first kappa shape index (κ1) is 20.6. The third-order valence-electron chi connectivity index (χ3n) is 3.84. The summed E-state index contributed by atoms with van der Waals surface area (Å²) in [6.45, 7) is 3.97. The van der Waals surface area contributed by atoms with Crippen LogP contribution in [0.25, 0.3) is 0 Å². The number of carbonyl (C=O) groups excluding carboxylic acids is 3. The largest absolute Gasteiger partial charge is 0.350 e. The molecule has 3 amide bonds. The Kier molecular flexibility index (Phi) is 7.48. The van der Waals surface area contributed by atoms with E-state index in [4.69, 9.17) is 0 Å². The summed E-state index contributed by atoms with van der Waals surface area (Å²) in [5.74, 6) is -1.31. The molecule has 2 aromatic rings. The van der Waals surface area contributed by atoms with E-state index in [2.05, 4.69) is 10.6 Å². The number of thiophene rings is 1. The van der Waals surface area contributed by atoms with Gasteiger partial charge < -0.3 is 15.5 Å². The normalized spacial score (nSPS) is 10.3. The smallest absolute Gasteiger partial charge is 0.261 e. The van der Waals surface area contributed by atoms with Gasteiger partial charge in [0.25, 0.3) is 5.91 Å². The van der Waals surface area contributed by atoms with Crippen LogP contribution >= 0.6 is 11.3 Å². The topological polar surface area (TPSA) is 78.5 Å². The van der Waals surface area contributed by atoms with Crippen LogP contribution < -0.4 is 10.6 Å². The van der Waals surface area contributed by atoms with Crippen molar-refractivity contribution in [2.45, 2.75) is 20.4 Å². The standard InChI is InChI=1S/C19H22FN3O3S/c1-3-23(12-17(24)21-10-14-5-7-15(20)8-6-14)18(25)11-22-19(26)16-9-4-13(2)27-16/h4-9H,3,10-12H2,1-2H3,(H,21,24)(H,22,26). The van der Waals surface area contributed by atoms with Crippen LogP contribution in [0.15, 0.2) is 36.4 Å². The minimum Gasteiger partial charge on any atom is -0.350 e. The summed E-state index contributed by atoms with van der Waals surface area (Å²) in [5, 5.41) is 5.27. The van der Waals surface area contributed by atoms with Crippen molar-refractivity contribution in [2.75, 3.05) is 19.6 Å². The number of benzene rings is 1. The first-order chi connectivity index (χ1) is 12.9. The minimum absolute atomic E-state index is 0.107. The Morgan fingerprint density at radius 2 is 1.78 bits per heavy atom. The number of nitrogens with zero attached hydrogens (tertiary/aromatic N) is 1. The molecule has 2 N–H and O–H groups in total. The Labute approximate surface area is 161 Å². The van der Waals surface area contributed by atoms with Crippen molar-refractivity contribution in [3.05, 3.63) is 57.5 Å². The second kappa shape index (κ2) is 9.82. The van der Waals surface area contributed by atoms with E-state index >= 15 is 0 Å². The molecule has 0 saturated carbocycles. The number of hydrogen-bond donors (Lipinski definition) is 2. The molecule has 0 saturated heterocycles. The Morgan fingerprint density at radius 3 is 2.37 bits per heavy atom. The third-order valence-corrected chi connectivity index (χ3v) is 4.84. The summed E-state index contributed by atoms with van der Waals surface area (Å²) in [6.07, 6.45) is 0. The van der Waals surface area contributed by atoms with Gasteiger partial charge in [0.2, 0.25) is 11.8 Å². The number of hydrogen-bond acceptors (Lipinski definition) is 4. The highest BCUT2D eigenvalue weighted by atomic mass is 32.1. The minimum atomic E-state index is -0.340. The lowest BCUT2D eigenvalue weighted by atomic mass is 10.2. The van der Waals surface area contributed by atoms with Crippen LogP contribution in [0.2, 0.25) is 0 Å². The van der Waals surface area contributed by atoms with E-state index in [9.17, 15) is 18.8 Å². The molecule has 0 spiro atoms. The lowest BCUT2D eigenvalue weighted by Gasteiger charge is -2.20. The summed E-state index contributed by atoms with van der Waals surface area (Å²) in [5.41, 5.74) is 0.762. The molecule has 1 heterocycles. The van der Waals surface area contributed by atoms with Crippen LogP contribution in [0.4, 0.5) is 4.39 Å². The van der Waals surface area contributed by atoms with Gasteiger partial charge in [-0.15, -0.1) is 11.3 Å². The predicted octanol–water partition coefficient (Wildman–Crippen LogP) is 2.09. The fraction of sp³-hybridized carbons (Fsp3) is 0.316. The van der Waals surface area contributed by atoms with Gasteiger partial charge in [-0.25, -0.2) is 4.39 Å². The summed E-state index contributed by atoms with van der Waals surface area (Å²) >= 11 is 1.35. The molecule has 0 aliphatic carbocycles. The number of amides is 3. The summed E-state index contributed by atoms with van der Waals surface area (Å²) in [7, 11) is 0. The van der Waals surface area contributed by atoms with Gasteiger partial charge >= 0.3 is 0 Å². The molecule has 6 nitrogen and oxygen atoms in total. The molecule has 0 bridgehead atoms. The first-order valence-electron chi connectivity index (χ1n) is 8.52. The molecule has 0 unspecified atom stereocenters. The number of nitrogens with one attached hydrogen (secondary N) is 2. The molecule has 27 heavy (non-hydrogen) atoms. The highest BCUT2D eigenvalue weighted by Crippen LogP contribution is 2.14. The van der Waals surface area contributed by atoms with Crippen LogP contribution in [-0.2, 0) is 16.1 Å². The van der Waals surface area contributed by atoms with Gasteiger partial charge in [0.1, 0.15) is 5.82 Å². The number of aryl methyl sites for hydroxylation is 1. The molecule has 0 radical (unpaired) electrons. The Morgan fingerprint density at radius 1 is 1.07 bits per heavy atom. The van der Waals surface area contributed by atoms with E-state index in [0.717, 1.165) is 10.4 Å². The fourth-order valence-corrected chi connectivity index (χ4v) is 3.10. The van der Waals surface area contributed by atoms with E-state index in [-0.39, 0.29) is 43.2 Å². The average Bonchev–Trinajstić information content (AvgIpc) is 3.10. The van der Waals surface area contributed by atoms with Crippen molar-refractivity contribution in [3.8, 4) is 0 Å². The van der Waals surface area contributed by atoms with Crippen molar-refractivity contribution < 1.29 is 18.8 Å². The lowest BCUT2D eigenvalue weighted by Crippen LogP contribution is -2.44. The molecular formula is C19H22FN3O3S. The second-order valence-corrected chi connectivity index (χ2v) is 7.19. The maximum atomic E-state index is 12.9. The molecule has 0 aliphatic rings. The van der Waals surface area contributed by atoms with Gasteiger partial charge in [-0.05, 0) is 43.7 Å². The van der Waals surface area contributed by atoms with Gasteiger partial charge in [-0.3, -0.25) is 14.4 Å². The zero-order valence-corrected chi connectivity index (χ0v) is 16.1. The van der Waals surface area contributed by atoms with Crippen molar-refractivity contribution in [3.63, 3.8) is 0 Å². The molecule has 1 aromatic heterocycles. The van der Waals surface area contributed by atoms with Gasteiger partial charge in [0.05, 0.1) is 18.0 Å². The van der Waals surface area contributed by atoms with Gasteiger partial charge in [-0.2, -0.15) is 0 Å². The van der Waals surface area contributed by atoms with Crippen molar-refractivity contribution in [1.29, 1.82) is 0 Å². The monoisotopic (exact) mass is 391 g/mol. The molecule has 1 aromatic carbocycles. The number of rotatable bonds is 8. The Balaban J connectivity index is 1.78. The Bertz CT molecular complexity index is 805. The fourth-order valence-electron chi connectivity index (χ4n) is 2.32. The zero-order chi connectivity index (χ0) is 19.8. The van der Waals surface area contributed by atoms with E-state index in [1.165, 1.54) is 28.4 Å². The van der Waals surface area contributed by atoms with E-state index < -0.39 is 0 Å². The molecule has 144 valence electrons. The van der Waals surface area contributed by atoms with Gasteiger partial charge in [0.15, 0.2) is 0 Å². The highest BCUT2D eigenvalue weighted by Gasteiger charge is 2.17. The average molecular weight is 391 g/mol. The van der Waals surface area contributed by atoms with Crippen molar-refractivity contribution in [1.82, 2.24) is 15.5 Å².